The van der Waals surface area contributed by atoms with Gasteiger partial charge < -0.3 is 0 Å². The van der Waals surface area contributed by atoms with Crippen LogP contribution in [0, 0.1) is 0 Å². The van der Waals surface area contributed by atoms with E-state index < -0.39 is 0 Å². The number of hydrogen-bond donors (Lipinski definition) is 0. The van der Waals surface area contributed by atoms with E-state index in [1.165, 1.54) is 0 Å². The number of rotatable bonds is 4. The van der Waals surface area contributed by atoms with E-state index in [0.29, 0.717) is 0 Å². The predicted molar refractivity (Wildman–Crippen MR) is 97.3 cm³/mol. The van der Waals surface area contributed by atoms with Crippen LogP contribution in [0.3, 0.4) is 0 Å². The zero-order chi connectivity index (χ0) is 17.2. The largest absolute Gasteiger partial charge is 0.252 e. The van der Waals surface area contributed by atoms with Crippen molar-refractivity contribution in [3.05, 3.63) is 96.0 Å². The fraction of sp³-hybridized carbons (Fsp3) is 0.0526. The Kier molecular flexibility index (Phi) is 4.30. The highest BCUT2D eigenvalue weighted by Crippen LogP contribution is 2.13. The van der Waals surface area contributed by atoms with Crippen LogP contribution in [0.5, 0.6) is 0 Å². The molecule has 25 heavy (non-hydrogen) atoms. The van der Waals surface area contributed by atoms with Gasteiger partial charge in [-0.2, -0.15) is 9.13 Å². The van der Waals surface area contributed by atoms with Crippen LogP contribution in [0.2, 0.25) is 10.0 Å². The van der Waals surface area contributed by atoms with Gasteiger partial charge in [-0.25, -0.2) is 9.13 Å². The van der Waals surface area contributed by atoms with Crippen molar-refractivity contribution in [3.8, 4) is 11.4 Å². The number of hydrogen-bond acceptors (Lipinski definition) is 0. The van der Waals surface area contributed by atoms with Gasteiger partial charge in [0.05, 0.1) is 0 Å². The minimum absolute atomic E-state index is 0.723. The van der Waals surface area contributed by atoms with Gasteiger partial charge >= 0.3 is 0 Å². The van der Waals surface area contributed by atoms with Gasteiger partial charge in [-0.05, 0) is 48.5 Å². The van der Waals surface area contributed by atoms with Crippen LogP contribution in [-0.4, -0.2) is 9.13 Å². The molecule has 0 saturated carbocycles. The second kappa shape index (κ2) is 6.75. The Labute approximate surface area is 155 Å². The molecule has 2 aromatic carbocycles. The summed E-state index contributed by atoms with van der Waals surface area (Å²) in [6, 6.07) is 15.6. The first-order valence-electron chi connectivity index (χ1n) is 7.83. The van der Waals surface area contributed by atoms with Gasteiger partial charge in [0.15, 0.2) is 0 Å². The molecule has 4 rings (SSSR count). The number of nitrogens with zero attached hydrogens (tertiary/aromatic N) is 4. The molecule has 6 heteroatoms. The van der Waals surface area contributed by atoms with Gasteiger partial charge in [-0.3, -0.25) is 0 Å². The lowest BCUT2D eigenvalue weighted by Crippen LogP contribution is -2.49. The van der Waals surface area contributed by atoms with Crippen molar-refractivity contribution >= 4 is 23.2 Å². The van der Waals surface area contributed by atoms with Crippen LogP contribution in [0.4, 0.5) is 0 Å². The molecule has 0 atom stereocenters. The number of halogens is 2. The summed E-state index contributed by atoms with van der Waals surface area (Å²) in [6.07, 6.45) is 12.2. The third-order valence-corrected chi connectivity index (χ3v) is 4.46. The molecule has 0 aliphatic rings. The van der Waals surface area contributed by atoms with Gasteiger partial charge in [0.2, 0.25) is 6.67 Å². The highest BCUT2D eigenvalue weighted by molar-refractivity contribution is 6.30. The Hall–Kier alpha value is -2.56. The Balaban J connectivity index is 1.51. The summed E-state index contributed by atoms with van der Waals surface area (Å²) in [5.74, 6) is 0. The SMILES string of the molecule is Clc1ccc(-n2cc[n+](C[n+]3ccn(-c4ccc(Cl)cc4)c3)c2)cc1. The maximum Gasteiger partial charge on any atom is 0.252 e. The predicted octanol–water partition coefficient (Wildman–Crippen LogP) is 3.66. The van der Waals surface area contributed by atoms with Gasteiger partial charge in [0.25, 0.3) is 12.7 Å². The zero-order valence-electron chi connectivity index (χ0n) is 13.3. The van der Waals surface area contributed by atoms with Gasteiger partial charge in [0, 0.05) is 10.0 Å². The highest BCUT2D eigenvalue weighted by atomic mass is 35.5. The first kappa shape index (κ1) is 15.9. The summed E-state index contributed by atoms with van der Waals surface area (Å²) >= 11 is 11.9. The maximum absolute atomic E-state index is 5.95. The first-order chi connectivity index (χ1) is 12.2. The van der Waals surface area contributed by atoms with E-state index in [-0.39, 0.29) is 0 Å². The zero-order valence-corrected chi connectivity index (χ0v) is 14.8. The minimum Gasteiger partial charge on any atom is -0.202 e. The van der Waals surface area contributed by atoms with Gasteiger partial charge in [0.1, 0.15) is 36.2 Å². The maximum atomic E-state index is 5.95. The van der Waals surface area contributed by atoms with E-state index in [2.05, 4.69) is 30.9 Å². The number of aromatic nitrogens is 4. The lowest BCUT2D eigenvalue weighted by Gasteiger charge is -1.96. The molecule has 0 unspecified atom stereocenters. The summed E-state index contributed by atoms with van der Waals surface area (Å²) in [6.45, 7) is 0.723. The van der Waals surface area contributed by atoms with Crippen molar-refractivity contribution in [1.29, 1.82) is 0 Å². The average molecular weight is 371 g/mol. The number of benzene rings is 2. The standard InChI is InChI=1S/C19H16Cl2N4/c20-16-1-5-18(6-2-16)24-11-9-22(14-24)13-23-10-12-25(15-23)19-7-3-17(21)4-8-19/h1-12,14-15H,13H2/q+2. The second-order valence-corrected chi connectivity index (χ2v) is 6.64. The Bertz CT molecular complexity index is 903. The summed E-state index contributed by atoms with van der Waals surface area (Å²) < 4.78 is 8.35. The normalized spacial score (nSPS) is 11.0. The summed E-state index contributed by atoms with van der Waals surface area (Å²) in [4.78, 5) is 0. The van der Waals surface area contributed by atoms with Crippen molar-refractivity contribution in [3.63, 3.8) is 0 Å². The van der Waals surface area contributed by atoms with E-state index in [4.69, 9.17) is 23.2 Å². The van der Waals surface area contributed by atoms with E-state index >= 15 is 0 Å². The monoisotopic (exact) mass is 370 g/mol. The topological polar surface area (TPSA) is 17.6 Å². The molecule has 0 saturated heterocycles. The van der Waals surface area contributed by atoms with E-state index in [1.807, 2.05) is 73.3 Å². The van der Waals surface area contributed by atoms with E-state index in [0.717, 1.165) is 28.1 Å². The number of imidazole rings is 2. The van der Waals surface area contributed by atoms with Crippen LogP contribution in [-0.2, 0) is 6.67 Å². The molecule has 4 aromatic rings. The molecule has 124 valence electrons. The molecule has 0 fully saturated rings. The molecule has 0 amide bonds. The third kappa shape index (κ3) is 3.60. The molecule has 0 spiro atoms. The molecular formula is C19H16Cl2N4+2. The molecule has 0 bridgehead atoms. The van der Waals surface area contributed by atoms with Crippen LogP contribution >= 0.6 is 23.2 Å². The molecule has 0 radical (unpaired) electrons. The van der Waals surface area contributed by atoms with Crippen LogP contribution < -0.4 is 9.13 Å². The molecule has 2 aromatic heterocycles. The van der Waals surface area contributed by atoms with Gasteiger partial charge in [-0.1, -0.05) is 23.2 Å². The first-order valence-corrected chi connectivity index (χ1v) is 8.59. The molecule has 2 heterocycles. The second-order valence-electron chi connectivity index (χ2n) is 5.76. The van der Waals surface area contributed by atoms with Crippen molar-refractivity contribution in [1.82, 2.24) is 9.13 Å². The fourth-order valence-corrected chi connectivity index (χ4v) is 2.93. The van der Waals surface area contributed by atoms with Crippen LogP contribution in [0.1, 0.15) is 0 Å². The Morgan fingerprint density at radius 1 is 0.640 bits per heavy atom. The molecule has 0 aliphatic heterocycles. The molecular weight excluding hydrogens is 355 g/mol. The smallest absolute Gasteiger partial charge is 0.202 e. The van der Waals surface area contributed by atoms with Gasteiger partial charge in [-0.15, -0.1) is 0 Å². The average Bonchev–Trinajstić information content (AvgIpc) is 3.27. The van der Waals surface area contributed by atoms with Crippen LogP contribution in [0.15, 0.2) is 86.0 Å². The third-order valence-electron chi connectivity index (χ3n) is 3.96. The van der Waals surface area contributed by atoms with E-state index in [1.54, 1.807) is 0 Å². The molecule has 4 nitrogen and oxygen atoms in total. The molecule has 0 aliphatic carbocycles. The Morgan fingerprint density at radius 3 is 1.44 bits per heavy atom. The lowest BCUT2D eigenvalue weighted by atomic mass is 10.3. The minimum atomic E-state index is 0.723. The summed E-state index contributed by atoms with van der Waals surface area (Å²) in [5, 5.41) is 1.48. The Morgan fingerprint density at radius 2 is 1.04 bits per heavy atom. The van der Waals surface area contributed by atoms with Crippen molar-refractivity contribution in [2.75, 3.05) is 0 Å². The lowest BCUT2D eigenvalue weighted by molar-refractivity contribution is -0.912. The van der Waals surface area contributed by atoms with Crippen molar-refractivity contribution in [2.24, 2.45) is 0 Å². The summed E-state index contributed by atoms with van der Waals surface area (Å²) in [7, 11) is 0. The van der Waals surface area contributed by atoms with E-state index in [9.17, 15) is 0 Å². The van der Waals surface area contributed by atoms with Crippen molar-refractivity contribution < 1.29 is 9.13 Å². The molecule has 0 N–H and O–H groups in total. The fourth-order valence-electron chi connectivity index (χ4n) is 2.68. The van der Waals surface area contributed by atoms with Crippen molar-refractivity contribution in [2.45, 2.75) is 6.67 Å². The quantitative estimate of drug-likeness (QED) is 0.488. The highest BCUT2D eigenvalue weighted by Gasteiger charge is 2.11. The van der Waals surface area contributed by atoms with Crippen LogP contribution in [0.25, 0.3) is 11.4 Å². The summed E-state index contributed by atoms with van der Waals surface area (Å²) in [5.41, 5.74) is 2.15.